The fourth-order valence-corrected chi connectivity index (χ4v) is 3.14. The molecule has 0 aromatic rings. The van der Waals surface area contributed by atoms with Crippen LogP contribution in [0.5, 0.6) is 0 Å². The molecule has 0 amide bonds. The van der Waals surface area contributed by atoms with Crippen molar-refractivity contribution in [2.75, 3.05) is 12.0 Å². The van der Waals surface area contributed by atoms with Crippen LogP contribution in [0.25, 0.3) is 0 Å². The van der Waals surface area contributed by atoms with Crippen molar-refractivity contribution < 1.29 is 0 Å². The highest BCUT2D eigenvalue weighted by atomic mass is 32.2. The van der Waals surface area contributed by atoms with Crippen LogP contribution in [0.4, 0.5) is 0 Å². The predicted octanol–water partition coefficient (Wildman–Crippen LogP) is 3.30. The lowest BCUT2D eigenvalue weighted by Gasteiger charge is -2.31. The van der Waals surface area contributed by atoms with Crippen molar-refractivity contribution in [2.24, 2.45) is 5.92 Å². The van der Waals surface area contributed by atoms with Crippen LogP contribution < -0.4 is 5.32 Å². The van der Waals surface area contributed by atoms with E-state index in [4.69, 9.17) is 0 Å². The van der Waals surface area contributed by atoms with Crippen LogP contribution in [0.1, 0.15) is 46.0 Å². The first-order chi connectivity index (χ1) is 6.76. The Morgan fingerprint density at radius 3 is 2.79 bits per heavy atom. The molecule has 0 aromatic carbocycles. The largest absolute Gasteiger partial charge is 0.310 e. The highest BCUT2D eigenvalue weighted by molar-refractivity contribution is 7.98. The van der Waals surface area contributed by atoms with E-state index in [0.717, 1.165) is 18.0 Å². The van der Waals surface area contributed by atoms with Crippen LogP contribution in [0.3, 0.4) is 0 Å². The number of hydrogen-bond acceptors (Lipinski definition) is 2. The molecule has 1 fully saturated rings. The van der Waals surface area contributed by atoms with Crippen LogP contribution in [0.15, 0.2) is 0 Å². The van der Waals surface area contributed by atoms with E-state index in [-0.39, 0.29) is 0 Å². The molecule has 0 heterocycles. The third-order valence-corrected chi connectivity index (χ3v) is 4.00. The lowest BCUT2D eigenvalue weighted by atomic mass is 9.87. The van der Waals surface area contributed by atoms with Crippen molar-refractivity contribution in [3.8, 4) is 0 Å². The maximum absolute atomic E-state index is 3.82. The zero-order valence-electron chi connectivity index (χ0n) is 9.88. The minimum atomic E-state index is 0.736. The van der Waals surface area contributed by atoms with E-state index < -0.39 is 0 Å². The van der Waals surface area contributed by atoms with E-state index in [2.05, 4.69) is 25.4 Å². The van der Waals surface area contributed by atoms with Crippen molar-refractivity contribution in [1.29, 1.82) is 0 Å². The van der Waals surface area contributed by atoms with Gasteiger partial charge in [-0.3, -0.25) is 0 Å². The maximum atomic E-state index is 3.82. The SMILES string of the molecule is CCC(CSC)NC1CCCC(C)C1. The van der Waals surface area contributed by atoms with Gasteiger partial charge in [0, 0.05) is 17.8 Å². The van der Waals surface area contributed by atoms with Gasteiger partial charge in [0.25, 0.3) is 0 Å². The molecule has 3 atom stereocenters. The standard InChI is InChI=1S/C12H25NS/c1-4-11(9-14-3)13-12-7-5-6-10(2)8-12/h10-13H,4-9H2,1-3H3. The van der Waals surface area contributed by atoms with E-state index in [0.29, 0.717) is 0 Å². The lowest BCUT2D eigenvalue weighted by molar-refractivity contribution is 0.283. The molecule has 1 rings (SSSR count). The van der Waals surface area contributed by atoms with Crippen LogP contribution in [-0.2, 0) is 0 Å². The Morgan fingerprint density at radius 2 is 2.21 bits per heavy atom. The molecular formula is C12H25NS. The topological polar surface area (TPSA) is 12.0 Å². The molecule has 0 spiro atoms. The number of hydrogen-bond donors (Lipinski definition) is 1. The minimum Gasteiger partial charge on any atom is -0.310 e. The fourth-order valence-electron chi connectivity index (χ4n) is 2.40. The molecule has 0 aromatic heterocycles. The van der Waals surface area contributed by atoms with Gasteiger partial charge in [-0.05, 0) is 31.4 Å². The zero-order valence-corrected chi connectivity index (χ0v) is 10.7. The first-order valence-corrected chi connectivity index (χ1v) is 7.40. The van der Waals surface area contributed by atoms with Crippen molar-refractivity contribution in [3.05, 3.63) is 0 Å². The molecule has 1 saturated carbocycles. The maximum Gasteiger partial charge on any atom is 0.0158 e. The van der Waals surface area contributed by atoms with Gasteiger partial charge >= 0.3 is 0 Å². The second kappa shape index (κ2) is 6.73. The molecule has 84 valence electrons. The summed E-state index contributed by atoms with van der Waals surface area (Å²) in [7, 11) is 0. The smallest absolute Gasteiger partial charge is 0.0158 e. The van der Waals surface area contributed by atoms with Gasteiger partial charge in [0.1, 0.15) is 0 Å². The summed E-state index contributed by atoms with van der Waals surface area (Å²) in [6, 6.07) is 1.54. The second-order valence-corrected chi connectivity index (χ2v) is 5.61. The van der Waals surface area contributed by atoms with Crippen molar-refractivity contribution in [2.45, 2.75) is 58.0 Å². The van der Waals surface area contributed by atoms with Crippen LogP contribution in [-0.4, -0.2) is 24.1 Å². The van der Waals surface area contributed by atoms with Gasteiger partial charge < -0.3 is 5.32 Å². The van der Waals surface area contributed by atoms with E-state index in [1.165, 1.54) is 37.9 Å². The van der Waals surface area contributed by atoms with Gasteiger partial charge in [-0.2, -0.15) is 11.8 Å². The van der Waals surface area contributed by atoms with Gasteiger partial charge in [-0.15, -0.1) is 0 Å². The fraction of sp³-hybridized carbons (Fsp3) is 1.00. The van der Waals surface area contributed by atoms with Crippen LogP contribution in [0, 0.1) is 5.92 Å². The Balaban J connectivity index is 2.26. The molecule has 0 saturated heterocycles. The molecule has 1 aliphatic rings. The number of rotatable bonds is 5. The van der Waals surface area contributed by atoms with Gasteiger partial charge in [-0.1, -0.05) is 26.7 Å². The first kappa shape index (κ1) is 12.4. The van der Waals surface area contributed by atoms with Crippen LogP contribution in [0.2, 0.25) is 0 Å². The van der Waals surface area contributed by atoms with E-state index in [1.807, 2.05) is 11.8 Å². The van der Waals surface area contributed by atoms with Crippen molar-refractivity contribution in [3.63, 3.8) is 0 Å². The average Bonchev–Trinajstić information content (AvgIpc) is 2.17. The van der Waals surface area contributed by atoms with Crippen molar-refractivity contribution in [1.82, 2.24) is 5.32 Å². The Morgan fingerprint density at radius 1 is 1.43 bits per heavy atom. The summed E-state index contributed by atoms with van der Waals surface area (Å²) in [5.74, 6) is 2.20. The number of nitrogens with one attached hydrogen (secondary N) is 1. The molecule has 1 nitrogen and oxygen atoms in total. The second-order valence-electron chi connectivity index (χ2n) is 4.70. The summed E-state index contributed by atoms with van der Waals surface area (Å²) in [5.41, 5.74) is 0. The molecule has 2 heteroatoms. The van der Waals surface area contributed by atoms with E-state index in [9.17, 15) is 0 Å². The van der Waals surface area contributed by atoms with Gasteiger partial charge in [-0.25, -0.2) is 0 Å². The third kappa shape index (κ3) is 4.22. The average molecular weight is 215 g/mol. The summed E-state index contributed by atoms with van der Waals surface area (Å²) in [6.45, 7) is 4.68. The first-order valence-electron chi connectivity index (χ1n) is 6.01. The van der Waals surface area contributed by atoms with Gasteiger partial charge in [0.15, 0.2) is 0 Å². The third-order valence-electron chi connectivity index (χ3n) is 3.27. The van der Waals surface area contributed by atoms with Crippen molar-refractivity contribution >= 4 is 11.8 Å². The van der Waals surface area contributed by atoms with Gasteiger partial charge in [0.2, 0.25) is 0 Å². The molecule has 0 bridgehead atoms. The number of thioether (sulfide) groups is 1. The van der Waals surface area contributed by atoms with E-state index >= 15 is 0 Å². The van der Waals surface area contributed by atoms with Crippen LogP contribution >= 0.6 is 11.8 Å². The molecule has 0 radical (unpaired) electrons. The molecule has 3 unspecified atom stereocenters. The summed E-state index contributed by atoms with van der Waals surface area (Å²) < 4.78 is 0. The Labute approximate surface area is 93.4 Å². The summed E-state index contributed by atoms with van der Waals surface area (Å²) >= 11 is 1.96. The Hall–Kier alpha value is 0.310. The normalized spacial score (nSPS) is 30.2. The molecular weight excluding hydrogens is 190 g/mol. The van der Waals surface area contributed by atoms with E-state index in [1.54, 1.807) is 0 Å². The summed E-state index contributed by atoms with van der Waals surface area (Å²) in [5, 5.41) is 3.82. The summed E-state index contributed by atoms with van der Waals surface area (Å²) in [6.07, 6.45) is 9.13. The Kier molecular flexibility index (Phi) is 5.95. The summed E-state index contributed by atoms with van der Waals surface area (Å²) in [4.78, 5) is 0. The molecule has 1 N–H and O–H groups in total. The minimum absolute atomic E-state index is 0.736. The molecule has 1 aliphatic carbocycles. The predicted molar refractivity (Wildman–Crippen MR) is 67.0 cm³/mol. The zero-order chi connectivity index (χ0) is 10.4. The molecule has 0 aliphatic heterocycles. The molecule has 14 heavy (non-hydrogen) atoms. The quantitative estimate of drug-likeness (QED) is 0.755. The lowest BCUT2D eigenvalue weighted by Crippen LogP contribution is -2.41. The highest BCUT2D eigenvalue weighted by Gasteiger charge is 2.20. The Bertz CT molecular complexity index is 149. The highest BCUT2D eigenvalue weighted by Crippen LogP contribution is 2.24. The van der Waals surface area contributed by atoms with Gasteiger partial charge in [0.05, 0.1) is 0 Å². The monoisotopic (exact) mass is 215 g/mol.